The number of carbonyl (C=O) groups is 2. The number of anilines is 1. The lowest BCUT2D eigenvalue weighted by Crippen LogP contribution is -2.18. The summed E-state index contributed by atoms with van der Waals surface area (Å²) in [6.07, 6.45) is 0. The molecule has 0 heterocycles. The van der Waals surface area contributed by atoms with Gasteiger partial charge in [-0.3, -0.25) is 0 Å². The highest BCUT2D eigenvalue weighted by molar-refractivity contribution is 6.37. The highest BCUT2D eigenvalue weighted by Crippen LogP contribution is 2.29. The molecule has 0 bridgehead atoms. The summed E-state index contributed by atoms with van der Waals surface area (Å²) >= 11 is 0. The molecule has 124 valence electrons. The van der Waals surface area contributed by atoms with Gasteiger partial charge in [-0.15, -0.1) is 0 Å². The molecule has 0 spiro atoms. The van der Waals surface area contributed by atoms with Crippen molar-refractivity contribution in [1.82, 2.24) is 0 Å². The fourth-order valence-corrected chi connectivity index (χ4v) is 2.02. The van der Waals surface area contributed by atoms with Crippen LogP contribution in [0, 0.1) is 0 Å². The number of urea groups is 1. The number of hydrogen-bond donors (Lipinski definition) is 2. The fourth-order valence-electron chi connectivity index (χ4n) is 2.02. The zero-order chi connectivity index (χ0) is 17.5. The van der Waals surface area contributed by atoms with Crippen molar-refractivity contribution in [3.8, 4) is 16.9 Å². The van der Waals surface area contributed by atoms with Gasteiger partial charge < -0.3 is 15.2 Å². The van der Waals surface area contributed by atoms with Crippen molar-refractivity contribution < 1.29 is 19.4 Å². The van der Waals surface area contributed by atoms with Crippen LogP contribution in [0.25, 0.3) is 11.1 Å². The van der Waals surface area contributed by atoms with E-state index in [4.69, 9.17) is 4.74 Å². The van der Waals surface area contributed by atoms with Crippen LogP contribution < -0.4 is 5.32 Å². The summed E-state index contributed by atoms with van der Waals surface area (Å²) in [6.45, 7) is 3.25. The molecule has 0 atom stereocenters. The van der Waals surface area contributed by atoms with Crippen LogP contribution in [0.3, 0.4) is 0 Å². The van der Waals surface area contributed by atoms with Crippen molar-refractivity contribution in [2.24, 2.45) is 4.99 Å². The average molecular weight is 326 g/mol. The number of nitrogens with one attached hydrogen (secondary N) is 1. The van der Waals surface area contributed by atoms with Gasteiger partial charge >= 0.3 is 12.0 Å². The summed E-state index contributed by atoms with van der Waals surface area (Å²) in [4.78, 5) is 27.0. The van der Waals surface area contributed by atoms with E-state index in [9.17, 15) is 14.7 Å². The maximum atomic E-state index is 11.9. The molecule has 0 unspecified atom stereocenters. The summed E-state index contributed by atoms with van der Waals surface area (Å²) in [7, 11) is 0. The maximum Gasteiger partial charge on any atom is 0.352 e. The van der Waals surface area contributed by atoms with Gasteiger partial charge in [0.25, 0.3) is 0 Å². The van der Waals surface area contributed by atoms with Gasteiger partial charge in [-0.2, -0.15) is 4.99 Å². The molecule has 0 saturated heterocycles. The molecule has 6 nitrogen and oxygen atoms in total. The number of aliphatic imine (C=N–C) groups is 1. The second kappa shape index (κ2) is 7.92. The van der Waals surface area contributed by atoms with Gasteiger partial charge in [0.2, 0.25) is 0 Å². The lowest BCUT2D eigenvalue weighted by Gasteiger charge is -2.08. The van der Waals surface area contributed by atoms with Crippen molar-refractivity contribution in [3.63, 3.8) is 0 Å². The summed E-state index contributed by atoms with van der Waals surface area (Å²) in [5.74, 6) is -0.748. The van der Waals surface area contributed by atoms with E-state index in [0.29, 0.717) is 0 Å². The van der Waals surface area contributed by atoms with Crippen molar-refractivity contribution in [3.05, 3.63) is 48.5 Å². The Hall–Kier alpha value is -3.15. The number of rotatable bonds is 4. The van der Waals surface area contributed by atoms with Crippen molar-refractivity contribution >= 4 is 23.4 Å². The second-order valence-corrected chi connectivity index (χ2v) is 4.95. The highest BCUT2D eigenvalue weighted by Gasteiger charge is 2.11. The van der Waals surface area contributed by atoms with Crippen molar-refractivity contribution in [1.29, 1.82) is 0 Å². The standard InChI is InChI=1S/C18H18N2O4/c1-3-24-17(22)12(2)19-18(23)20-15-11-14(9-10-16(15)21)13-7-5-4-6-8-13/h4-11,21H,3H2,1-2H3,(H,20,23). The van der Waals surface area contributed by atoms with Crippen LogP contribution in [-0.4, -0.2) is 29.4 Å². The molecule has 0 aromatic heterocycles. The SMILES string of the molecule is CCOC(=O)C(C)=NC(=O)Nc1cc(-c2ccccc2)ccc1O. The van der Waals surface area contributed by atoms with E-state index in [0.717, 1.165) is 11.1 Å². The summed E-state index contributed by atoms with van der Waals surface area (Å²) < 4.78 is 4.76. The number of amides is 2. The molecule has 6 heteroatoms. The fraction of sp³-hybridized carbons (Fsp3) is 0.167. The first-order chi connectivity index (χ1) is 11.5. The van der Waals surface area contributed by atoms with Gasteiger partial charge in [0, 0.05) is 0 Å². The van der Waals surface area contributed by atoms with E-state index >= 15 is 0 Å². The molecule has 0 radical (unpaired) electrons. The van der Waals surface area contributed by atoms with Gasteiger partial charge in [0.05, 0.1) is 12.3 Å². The minimum atomic E-state index is -0.763. The normalized spacial score (nSPS) is 11.0. The number of esters is 1. The van der Waals surface area contributed by atoms with Crippen molar-refractivity contribution in [2.45, 2.75) is 13.8 Å². The van der Waals surface area contributed by atoms with Crippen LogP contribution in [-0.2, 0) is 9.53 Å². The maximum absolute atomic E-state index is 11.9. The van der Waals surface area contributed by atoms with E-state index in [-0.39, 0.29) is 23.8 Å². The molecule has 0 aliphatic rings. The van der Waals surface area contributed by atoms with Gasteiger partial charge in [-0.25, -0.2) is 9.59 Å². The lowest BCUT2D eigenvalue weighted by molar-refractivity contribution is -0.135. The summed E-state index contributed by atoms with van der Waals surface area (Å²) in [6, 6.07) is 13.6. The van der Waals surface area contributed by atoms with Crippen LogP contribution in [0.2, 0.25) is 0 Å². The third-order valence-electron chi connectivity index (χ3n) is 3.19. The Kier molecular flexibility index (Phi) is 5.68. The van der Waals surface area contributed by atoms with Gasteiger partial charge in [-0.1, -0.05) is 36.4 Å². The Bertz CT molecular complexity index is 770. The molecule has 2 amide bonds. The Morgan fingerprint density at radius 1 is 1.12 bits per heavy atom. The lowest BCUT2D eigenvalue weighted by atomic mass is 10.0. The first kappa shape index (κ1) is 17.2. The number of ether oxygens (including phenoxy) is 1. The molecule has 0 aliphatic heterocycles. The Morgan fingerprint density at radius 3 is 2.50 bits per heavy atom. The Labute approximate surface area is 139 Å². The van der Waals surface area contributed by atoms with E-state index in [2.05, 4.69) is 10.3 Å². The molecule has 24 heavy (non-hydrogen) atoms. The average Bonchev–Trinajstić information content (AvgIpc) is 2.57. The molecular weight excluding hydrogens is 308 g/mol. The predicted octanol–water partition coefficient (Wildman–Crippen LogP) is 3.62. The highest BCUT2D eigenvalue weighted by atomic mass is 16.5. The molecular formula is C18H18N2O4. The van der Waals surface area contributed by atoms with E-state index in [1.165, 1.54) is 13.0 Å². The van der Waals surface area contributed by atoms with Crippen molar-refractivity contribution in [2.75, 3.05) is 11.9 Å². The molecule has 0 saturated carbocycles. The quantitative estimate of drug-likeness (QED) is 0.510. The smallest absolute Gasteiger partial charge is 0.352 e. The van der Waals surface area contributed by atoms with Gasteiger partial charge in [-0.05, 0) is 37.1 Å². The number of aromatic hydroxyl groups is 1. The number of hydrogen-bond acceptors (Lipinski definition) is 4. The molecule has 2 aromatic rings. The predicted molar refractivity (Wildman–Crippen MR) is 92.3 cm³/mol. The Balaban J connectivity index is 2.19. The third kappa shape index (κ3) is 4.42. The van der Waals surface area contributed by atoms with E-state index in [1.54, 1.807) is 19.1 Å². The minimum absolute atomic E-state index is 0.0620. The summed E-state index contributed by atoms with van der Waals surface area (Å²) in [5.41, 5.74) is 1.92. The largest absolute Gasteiger partial charge is 0.506 e. The zero-order valence-electron chi connectivity index (χ0n) is 13.4. The molecule has 2 N–H and O–H groups in total. The third-order valence-corrected chi connectivity index (χ3v) is 3.19. The number of carbonyl (C=O) groups excluding carboxylic acids is 2. The Morgan fingerprint density at radius 2 is 1.83 bits per heavy atom. The molecule has 0 fully saturated rings. The topological polar surface area (TPSA) is 88.0 Å². The van der Waals surface area contributed by atoms with Crippen LogP contribution in [0.1, 0.15) is 13.8 Å². The molecule has 2 aromatic carbocycles. The van der Waals surface area contributed by atoms with E-state index < -0.39 is 12.0 Å². The first-order valence-electron chi connectivity index (χ1n) is 7.43. The molecule has 0 aliphatic carbocycles. The van der Waals surface area contributed by atoms with Crippen LogP contribution in [0.15, 0.2) is 53.5 Å². The number of benzene rings is 2. The minimum Gasteiger partial charge on any atom is -0.506 e. The monoisotopic (exact) mass is 326 g/mol. The van der Waals surface area contributed by atoms with Crippen LogP contribution in [0.5, 0.6) is 5.75 Å². The van der Waals surface area contributed by atoms with Gasteiger partial charge in [0.15, 0.2) is 0 Å². The zero-order valence-corrected chi connectivity index (χ0v) is 13.4. The van der Waals surface area contributed by atoms with Crippen LogP contribution in [0.4, 0.5) is 10.5 Å². The van der Waals surface area contributed by atoms with Crippen LogP contribution >= 0.6 is 0 Å². The second-order valence-electron chi connectivity index (χ2n) is 4.95. The number of phenols is 1. The summed E-state index contributed by atoms with van der Waals surface area (Å²) in [5, 5.41) is 12.4. The number of nitrogens with zero attached hydrogens (tertiary/aromatic N) is 1. The molecule has 2 rings (SSSR count). The van der Waals surface area contributed by atoms with Gasteiger partial charge in [0.1, 0.15) is 11.5 Å². The van der Waals surface area contributed by atoms with E-state index in [1.807, 2.05) is 30.3 Å². The first-order valence-corrected chi connectivity index (χ1v) is 7.43. The number of phenolic OH excluding ortho intramolecular Hbond substituents is 1.